The van der Waals surface area contributed by atoms with Gasteiger partial charge in [-0.2, -0.15) is 17.4 Å². The monoisotopic (exact) mass is 273 g/mol. The number of nitrogens with zero attached hydrogens (tertiary/aromatic N) is 2. The average Bonchev–Trinajstić information content (AvgIpc) is 2.90. The number of rotatable bonds is 5. The molecule has 2 heterocycles. The maximum atomic E-state index is 12.0. The normalized spacial score (nSPS) is 19.2. The van der Waals surface area contributed by atoms with Gasteiger partial charge in [0.25, 0.3) is 10.2 Å². The highest BCUT2D eigenvalue weighted by atomic mass is 32.2. The summed E-state index contributed by atoms with van der Waals surface area (Å²) < 4.78 is 28.1. The number of aromatic nitrogens is 2. The Morgan fingerprint density at radius 3 is 2.78 bits per heavy atom. The van der Waals surface area contributed by atoms with Crippen molar-refractivity contribution < 1.29 is 8.42 Å². The number of hydrogen-bond acceptors (Lipinski definition) is 4. The summed E-state index contributed by atoms with van der Waals surface area (Å²) in [6.45, 7) is 1.95. The van der Waals surface area contributed by atoms with E-state index in [9.17, 15) is 8.42 Å². The molecule has 0 bridgehead atoms. The van der Waals surface area contributed by atoms with Gasteiger partial charge in [-0.05, 0) is 25.3 Å². The first kappa shape index (κ1) is 13.5. The van der Waals surface area contributed by atoms with Crippen LogP contribution >= 0.6 is 0 Å². The molecule has 102 valence electrons. The topological polar surface area (TPSA) is 104 Å². The molecule has 8 heteroatoms. The van der Waals surface area contributed by atoms with E-state index in [1.54, 1.807) is 6.20 Å². The predicted molar refractivity (Wildman–Crippen MR) is 67.7 cm³/mol. The van der Waals surface area contributed by atoms with Gasteiger partial charge in [-0.15, -0.1) is 0 Å². The summed E-state index contributed by atoms with van der Waals surface area (Å²) in [5.74, 6) is 0.448. The van der Waals surface area contributed by atoms with Crippen LogP contribution in [0.25, 0.3) is 0 Å². The van der Waals surface area contributed by atoms with Crippen molar-refractivity contribution in [2.24, 2.45) is 11.7 Å². The highest BCUT2D eigenvalue weighted by Crippen LogP contribution is 2.17. The van der Waals surface area contributed by atoms with Gasteiger partial charge in [0.2, 0.25) is 0 Å². The lowest BCUT2D eigenvalue weighted by molar-refractivity contribution is 0.275. The lowest BCUT2D eigenvalue weighted by atomic mass is 9.99. The molecule has 0 aliphatic carbocycles. The SMILES string of the molecule is NCC1CCN(S(=O)(=O)NCc2cnc[nH]2)CC1. The smallest absolute Gasteiger partial charge is 0.279 e. The molecular formula is C10H19N5O2S. The molecular weight excluding hydrogens is 254 g/mol. The summed E-state index contributed by atoms with van der Waals surface area (Å²) in [5.41, 5.74) is 6.33. The van der Waals surface area contributed by atoms with Crippen LogP contribution in [0.3, 0.4) is 0 Å². The molecule has 0 spiro atoms. The zero-order chi connectivity index (χ0) is 13.0. The van der Waals surface area contributed by atoms with Crippen molar-refractivity contribution in [3.63, 3.8) is 0 Å². The van der Waals surface area contributed by atoms with Crippen LogP contribution in [0.5, 0.6) is 0 Å². The van der Waals surface area contributed by atoms with Crippen LogP contribution in [0.15, 0.2) is 12.5 Å². The number of H-pyrrole nitrogens is 1. The van der Waals surface area contributed by atoms with Crippen LogP contribution < -0.4 is 10.5 Å². The van der Waals surface area contributed by atoms with Crippen LogP contribution in [-0.4, -0.2) is 42.3 Å². The zero-order valence-electron chi connectivity index (χ0n) is 10.2. The summed E-state index contributed by atoms with van der Waals surface area (Å²) in [7, 11) is -3.40. The largest absolute Gasteiger partial charge is 0.347 e. The van der Waals surface area contributed by atoms with Crippen LogP contribution in [0.4, 0.5) is 0 Å². The summed E-state index contributed by atoms with van der Waals surface area (Å²) in [4.78, 5) is 6.69. The minimum atomic E-state index is -3.40. The summed E-state index contributed by atoms with van der Waals surface area (Å²) in [5, 5.41) is 0. The molecule has 0 saturated carbocycles. The van der Waals surface area contributed by atoms with Crippen molar-refractivity contribution in [2.75, 3.05) is 19.6 Å². The Labute approximate surface area is 107 Å². The maximum Gasteiger partial charge on any atom is 0.279 e. The first-order valence-corrected chi connectivity index (χ1v) is 7.48. The molecule has 1 aromatic rings. The molecule has 0 unspecified atom stereocenters. The second-order valence-electron chi connectivity index (χ2n) is 4.48. The number of nitrogens with two attached hydrogens (primary N) is 1. The van der Waals surface area contributed by atoms with Crippen LogP contribution in [0, 0.1) is 5.92 Å². The Kier molecular flexibility index (Phi) is 4.33. The fourth-order valence-corrected chi connectivity index (χ4v) is 3.24. The van der Waals surface area contributed by atoms with E-state index in [0.29, 0.717) is 25.6 Å². The van der Waals surface area contributed by atoms with Crippen LogP contribution in [-0.2, 0) is 16.8 Å². The molecule has 0 aromatic carbocycles. The Hall–Kier alpha value is -0.960. The fraction of sp³-hybridized carbons (Fsp3) is 0.700. The fourth-order valence-electron chi connectivity index (χ4n) is 2.03. The number of piperidine rings is 1. The van der Waals surface area contributed by atoms with Gasteiger partial charge < -0.3 is 10.7 Å². The lowest BCUT2D eigenvalue weighted by Gasteiger charge is -2.30. The number of aromatic amines is 1. The quantitative estimate of drug-likeness (QED) is 0.667. The highest BCUT2D eigenvalue weighted by Gasteiger charge is 2.27. The van der Waals surface area contributed by atoms with Gasteiger partial charge in [-0.1, -0.05) is 0 Å². The third kappa shape index (κ3) is 3.29. The molecule has 1 aliphatic rings. The van der Waals surface area contributed by atoms with Gasteiger partial charge in [-0.25, -0.2) is 4.98 Å². The van der Waals surface area contributed by atoms with E-state index in [0.717, 1.165) is 18.5 Å². The second kappa shape index (κ2) is 5.79. The summed E-state index contributed by atoms with van der Waals surface area (Å²) in [6, 6.07) is 0. The van der Waals surface area contributed by atoms with Gasteiger partial charge >= 0.3 is 0 Å². The van der Waals surface area contributed by atoms with Crippen molar-refractivity contribution in [1.29, 1.82) is 0 Å². The predicted octanol–water partition coefficient (Wildman–Crippen LogP) is -0.585. The van der Waals surface area contributed by atoms with E-state index in [-0.39, 0.29) is 6.54 Å². The Morgan fingerprint density at radius 1 is 1.50 bits per heavy atom. The number of imidazole rings is 1. The maximum absolute atomic E-state index is 12.0. The van der Waals surface area contributed by atoms with Crippen LogP contribution in [0.1, 0.15) is 18.5 Å². The molecule has 0 amide bonds. The third-order valence-corrected chi connectivity index (χ3v) is 4.80. The molecule has 18 heavy (non-hydrogen) atoms. The molecule has 1 aliphatic heterocycles. The Balaban J connectivity index is 1.87. The third-order valence-electron chi connectivity index (χ3n) is 3.25. The second-order valence-corrected chi connectivity index (χ2v) is 6.24. The standard InChI is InChI=1S/C10H19N5O2S/c11-5-9-1-3-15(4-2-9)18(16,17)14-7-10-6-12-8-13-10/h6,8-9,14H,1-5,7,11H2,(H,12,13). The molecule has 1 aromatic heterocycles. The van der Waals surface area contributed by atoms with Crippen molar-refractivity contribution in [3.05, 3.63) is 18.2 Å². The van der Waals surface area contributed by atoms with E-state index < -0.39 is 10.2 Å². The highest BCUT2D eigenvalue weighted by molar-refractivity contribution is 7.87. The molecule has 7 nitrogen and oxygen atoms in total. The molecule has 4 N–H and O–H groups in total. The Bertz CT molecular complexity index is 451. The van der Waals surface area contributed by atoms with E-state index in [1.165, 1.54) is 10.6 Å². The first-order valence-electron chi connectivity index (χ1n) is 6.04. The van der Waals surface area contributed by atoms with Gasteiger partial charge in [0.15, 0.2) is 0 Å². The Morgan fingerprint density at radius 2 is 2.22 bits per heavy atom. The zero-order valence-corrected chi connectivity index (χ0v) is 11.0. The van der Waals surface area contributed by atoms with Crippen molar-refractivity contribution in [1.82, 2.24) is 19.0 Å². The molecule has 0 radical (unpaired) electrons. The van der Waals surface area contributed by atoms with Crippen LogP contribution in [0.2, 0.25) is 0 Å². The number of nitrogens with one attached hydrogen (secondary N) is 2. The van der Waals surface area contributed by atoms with E-state index in [2.05, 4.69) is 14.7 Å². The molecule has 2 rings (SSSR count). The summed E-state index contributed by atoms with van der Waals surface area (Å²) >= 11 is 0. The summed E-state index contributed by atoms with van der Waals surface area (Å²) in [6.07, 6.45) is 4.79. The average molecular weight is 273 g/mol. The lowest BCUT2D eigenvalue weighted by Crippen LogP contribution is -2.45. The van der Waals surface area contributed by atoms with Gasteiger partial charge in [0.1, 0.15) is 0 Å². The molecule has 1 saturated heterocycles. The number of hydrogen-bond donors (Lipinski definition) is 3. The minimum absolute atomic E-state index is 0.235. The van der Waals surface area contributed by atoms with Gasteiger partial charge in [0, 0.05) is 25.0 Å². The van der Waals surface area contributed by atoms with Gasteiger partial charge in [0.05, 0.1) is 12.9 Å². The van der Waals surface area contributed by atoms with E-state index in [1.807, 2.05) is 0 Å². The van der Waals surface area contributed by atoms with Crippen molar-refractivity contribution in [3.8, 4) is 0 Å². The van der Waals surface area contributed by atoms with Crippen molar-refractivity contribution >= 4 is 10.2 Å². The van der Waals surface area contributed by atoms with E-state index >= 15 is 0 Å². The molecule has 1 fully saturated rings. The van der Waals surface area contributed by atoms with Gasteiger partial charge in [-0.3, -0.25) is 0 Å². The van der Waals surface area contributed by atoms with Crippen molar-refractivity contribution in [2.45, 2.75) is 19.4 Å². The minimum Gasteiger partial charge on any atom is -0.347 e. The van der Waals surface area contributed by atoms with E-state index in [4.69, 9.17) is 5.73 Å². The molecule has 0 atom stereocenters. The first-order chi connectivity index (χ1) is 8.62.